The van der Waals surface area contributed by atoms with Crippen LogP contribution in [0.4, 0.5) is 0 Å². The lowest BCUT2D eigenvalue weighted by molar-refractivity contribution is -0.120. The van der Waals surface area contributed by atoms with E-state index in [0.29, 0.717) is 11.4 Å². The zero-order valence-corrected chi connectivity index (χ0v) is 13.3. The Morgan fingerprint density at radius 3 is 2.32 bits per heavy atom. The zero-order valence-electron chi connectivity index (χ0n) is 12.5. The molecule has 1 N–H and O–H groups in total. The van der Waals surface area contributed by atoms with E-state index in [0.717, 1.165) is 24.9 Å². The summed E-state index contributed by atoms with van der Waals surface area (Å²) in [7, 11) is 0. The first kappa shape index (κ1) is 15.1. The molecule has 3 rings (SSSR count). The summed E-state index contributed by atoms with van der Waals surface area (Å²) in [6, 6.07) is 18.0. The van der Waals surface area contributed by atoms with Gasteiger partial charge < -0.3 is 5.32 Å². The molecule has 2 nitrogen and oxygen atoms in total. The van der Waals surface area contributed by atoms with Gasteiger partial charge in [-0.05, 0) is 36.1 Å². The summed E-state index contributed by atoms with van der Waals surface area (Å²) < 4.78 is 0. The van der Waals surface area contributed by atoms with Gasteiger partial charge >= 0.3 is 0 Å². The summed E-state index contributed by atoms with van der Waals surface area (Å²) in [5, 5.41) is 3.81. The van der Waals surface area contributed by atoms with Gasteiger partial charge in [0.25, 0.3) is 0 Å². The molecule has 0 unspecified atom stereocenters. The molecule has 0 aliphatic heterocycles. The monoisotopic (exact) mass is 313 g/mol. The van der Waals surface area contributed by atoms with Gasteiger partial charge in [0, 0.05) is 17.0 Å². The van der Waals surface area contributed by atoms with E-state index in [1.807, 2.05) is 30.3 Å². The van der Waals surface area contributed by atoms with E-state index in [1.54, 1.807) is 0 Å². The SMILES string of the molecule is O=C(Cc1ccc(Cl)cc1)NCC1(c2ccccc2)CCC1. The molecule has 1 saturated carbocycles. The van der Waals surface area contributed by atoms with E-state index in [-0.39, 0.29) is 11.3 Å². The number of rotatable bonds is 5. The number of carbonyl (C=O) groups is 1. The minimum atomic E-state index is 0.0736. The van der Waals surface area contributed by atoms with Crippen LogP contribution in [0.15, 0.2) is 54.6 Å². The summed E-state index contributed by atoms with van der Waals surface area (Å²) in [6.45, 7) is 0.726. The van der Waals surface area contributed by atoms with Crippen molar-refractivity contribution in [1.29, 1.82) is 0 Å². The maximum absolute atomic E-state index is 12.2. The first-order valence-electron chi connectivity index (χ1n) is 7.75. The topological polar surface area (TPSA) is 29.1 Å². The lowest BCUT2D eigenvalue weighted by Gasteiger charge is -2.42. The summed E-state index contributed by atoms with van der Waals surface area (Å²) in [4.78, 5) is 12.2. The van der Waals surface area contributed by atoms with Crippen LogP contribution in [0.5, 0.6) is 0 Å². The van der Waals surface area contributed by atoms with Crippen molar-refractivity contribution >= 4 is 17.5 Å². The third kappa shape index (κ3) is 3.33. The van der Waals surface area contributed by atoms with Gasteiger partial charge in [-0.3, -0.25) is 4.79 Å². The molecule has 0 atom stereocenters. The molecular formula is C19H20ClNO. The fourth-order valence-corrected chi connectivity index (χ4v) is 3.21. The molecule has 0 saturated heterocycles. The summed E-state index contributed by atoms with van der Waals surface area (Å²) in [5.41, 5.74) is 2.47. The highest BCUT2D eigenvalue weighted by atomic mass is 35.5. The van der Waals surface area contributed by atoms with E-state index >= 15 is 0 Å². The highest BCUT2D eigenvalue weighted by molar-refractivity contribution is 6.30. The van der Waals surface area contributed by atoms with Crippen LogP contribution in [-0.2, 0) is 16.6 Å². The third-order valence-corrected chi connectivity index (χ3v) is 4.85. The lowest BCUT2D eigenvalue weighted by atomic mass is 9.64. The van der Waals surface area contributed by atoms with Crippen LogP contribution in [0.1, 0.15) is 30.4 Å². The molecule has 1 aliphatic carbocycles. The van der Waals surface area contributed by atoms with E-state index in [2.05, 4.69) is 29.6 Å². The van der Waals surface area contributed by atoms with Crippen molar-refractivity contribution in [3.05, 3.63) is 70.7 Å². The van der Waals surface area contributed by atoms with Gasteiger partial charge in [0.05, 0.1) is 6.42 Å². The molecule has 2 aromatic rings. The van der Waals surface area contributed by atoms with Crippen LogP contribution >= 0.6 is 11.6 Å². The van der Waals surface area contributed by atoms with Crippen molar-refractivity contribution in [2.75, 3.05) is 6.54 Å². The van der Waals surface area contributed by atoms with E-state index in [4.69, 9.17) is 11.6 Å². The molecule has 1 aliphatic rings. The fourth-order valence-electron chi connectivity index (χ4n) is 3.08. The highest BCUT2D eigenvalue weighted by Gasteiger charge is 2.38. The molecule has 22 heavy (non-hydrogen) atoms. The predicted octanol–water partition coefficient (Wildman–Crippen LogP) is 4.12. The molecule has 0 bridgehead atoms. The van der Waals surface area contributed by atoms with Crippen LogP contribution in [0.2, 0.25) is 5.02 Å². The Labute approximate surface area is 136 Å². The fraction of sp³-hybridized carbons (Fsp3) is 0.316. The Bertz CT molecular complexity index is 632. The van der Waals surface area contributed by atoms with Gasteiger partial charge in [-0.15, -0.1) is 0 Å². The molecule has 0 spiro atoms. The zero-order chi connectivity index (χ0) is 15.4. The summed E-state index contributed by atoms with van der Waals surface area (Å²) in [5.74, 6) is 0.0736. The van der Waals surface area contributed by atoms with Crippen LogP contribution < -0.4 is 5.32 Å². The first-order valence-corrected chi connectivity index (χ1v) is 8.12. The summed E-state index contributed by atoms with van der Waals surface area (Å²) >= 11 is 5.86. The van der Waals surface area contributed by atoms with E-state index in [1.165, 1.54) is 12.0 Å². The second kappa shape index (κ2) is 6.53. The number of hydrogen-bond acceptors (Lipinski definition) is 1. The predicted molar refractivity (Wildman–Crippen MR) is 90.1 cm³/mol. The lowest BCUT2D eigenvalue weighted by Crippen LogP contribution is -2.45. The Kier molecular flexibility index (Phi) is 4.49. The quantitative estimate of drug-likeness (QED) is 0.884. The maximum Gasteiger partial charge on any atom is 0.224 e. The van der Waals surface area contributed by atoms with Gasteiger partial charge in [-0.2, -0.15) is 0 Å². The van der Waals surface area contributed by atoms with Crippen LogP contribution in [0.25, 0.3) is 0 Å². The highest BCUT2D eigenvalue weighted by Crippen LogP contribution is 2.43. The van der Waals surface area contributed by atoms with Crippen LogP contribution in [0.3, 0.4) is 0 Å². The van der Waals surface area contributed by atoms with Gasteiger partial charge in [0.1, 0.15) is 0 Å². The van der Waals surface area contributed by atoms with Gasteiger partial charge in [0.2, 0.25) is 5.91 Å². The van der Waals surface area contributed by atoms with Crippen molar-refractivity contribution in [1.82, 2.24) is 5.32 Å². The van der Waals surface area contributed by atoms with Crippen molar-refractivity contribution in [3.63, 3.8) is 0 Å². The third-order valence-electron chi connectivity index (χ3n) is 4.60. The molecule has 114 valence electrons. The number of halogens is 1. The van der Waals surface area contributed by atoms with E-state index < -0.39 is 0 Å². The van der Waals surface area contributed by atoms with Crippen molar-refractivity contribution in [2.45, 2.75) is 31.1 Å². The minimum Gasteiger partial charge on any atom is -0.355 e. The minimum absolute atomic E-state index is 0.0736. The number of amides is 1. The molecule has 1 fully saturated rings. The van der Waals surface area contributed by atoms with Crippen molar-refractivity contribution in [3.8, 4) is 0 Å². The molecular weight excluding hydrogens is 294 g/mol. The average molecular weight is 314 g/mol. The average Bonchev–Trinajstić information content (AvgIpc) is 2.50. The molecule has 1 amide bonds. The standard InChI is InChI=1S/C19H20ClNO/c20-17-9-7-15(8-10-17)13-18(22)21-14-19(11-4-12-19)16-5-2-1-3-6-16/h1-3,5-10H,4,11-14H2,(H,21,22). The maximum atomic E-state index is 12.2. The Morgan fingerprint density at radius 1 is 1.05 bits per heavy atom. The van der Waals surface area contributed by atoms with Crippen molar-refractivity contribution in [2.24, 2.45) is 0 Å². The first-order chi connectivity index (χ1) is 10.7. The van der Waals surface area contributed by atoms with Crippen LogP contribution in [-0.4, -0.2) is 12.5 Å². The van der Waals surface area contributed by atoms with Crippen molar-refractivity contribution < 1.29 is 4.79 Å². The molecule has 0 aromatic heterocycles. The second-order valence-corrected chi connectivity index (χ2v) is 6.52. The number of nitrogens with one attached hydrogen (secondary N) is 1. The smallest absolute Gasteiger partial charge is 0.224 e. The van der Waals surface area contributed by atoms with Gasteiger partial charge in [-0.1, -0.05) is 60.5 Å². The van der Waals surface area contributed by atoms with Gasteiger partial charge in [0.15, 0.2) is 0 Å². The molecule has 2 aromatic carbocycles. The van der Waals surface area contributed by atoms with Gasteiger partial charge in [-0.25, -0.2) is 0 Å². The van der Waals surface area contributed by atoms with E-state index in [9.17, 15) is 4.79 Å². The number of carbonyl (C=O) groups excluding carboxylic acids is 1. The molecule has 0 heterocycles. The normalized spacial score (nSPS) is 15.9. The Morgan fingerprint density at radius 2 is 1.73 bits per heavy atom. The number of benzene rings is 2. The van der Waals surface area contributed by atoms with Crippen LogP contribution in [0, 0.1) is 0 Å². The largest absolute Gasteiger partial charge is 0.355 e. The molecule has 0 radical (unpaired) electrons. The molecule has 3 heteroatoms. The Hall–Kier alpha value is -1.80. The summed E-state index contributed by atoms with van der Waals surface area (Å²) in [6.07, 6.45) is 3.94. The number of hydrogen-bond donors (Lipinski definition) is 1. The Balaban J connectivity index is 1.59. The second-order valence-electron chi connectivity index (χ2n) is 6.08.